The summed E-state index contributed by atoms with van der Waals surface area (Å²) in [6.45, 7) is 4.23. The lowest BCUT2D eigenvalue weighted by Crippen LogP contribution is -2.31. The first-order valence-electron chi connectivity index (χ1n) is 9.32. The molecule has 0 spiro atoms. The van der Waals surface area contributed by atoms with Crippen LogP contribution in [0.4, 0.5) is 16.0 Å². The Balaban J connectivity index is 1.63. The lowest BCUT2D eigenvalue weighted by molar-refractivity contribution is 0.0728. The standard InChI is InChI=1S/C20H20ClFN6O/c1-11-9-18(27-26-11)25-17-10-15(23-12(2)24-17)16-7-4-8-28(16)20(29)13-5-3-6-14(21)19(13)22/h3,5-6,9-10,16H,4,7-8H2,1-2H3,(H2,23,24,25,26,27)/t16-/m0/s1. The van der Waals surface area contributed by atoms with Crippen LogP contribution in [0.1, 0.15) is 46.5 Å². The Morgan fingerprint density at radius 2 is 2.10 bits per heavy atom. The normalized spacial score (nSPS) is 16.3. The number of halogens is 2. The Labute approximate surface area is 172 Å². The van der Waals surface area contributed by atoms with E-state index < -0.39 is 5.82 Å². The van der Waals surface area contributed by atoms with Crippen molar-refractivity contribution in [2.24, 2.45) is 0 Å². The number of nitrogens with one attached hydrogen (secondary N) is 2. The maximum atomic E-state index is 14.4. The summed E-state index contributed by atoms with van der Waals surface area (Å²) >= 11 is 5.86. The number of rotatable bonds is 4. The Kier molecular flexibility index (Phi) is 5.19. The zero-order chi connectivity index (χ0) is 20.5. The van der Waals surface area contributed by atoms with Crippen molar-refractivity contribution in [3.63, 3.8) is 0 Å². The number of amides is 1. The van der Waals surface area contributed by atoms with E-state index in [1.54, 1.807) is 17.9 Å². The summed E-state index contributed by atoms with van der Waals surface area (Å²) in [5.74, 6) is 0.728. The largest absolute Gasteiger partial charge is 0.330 e. The van der Waals surface area contributed by atoms with Crippen LogP contribution in [-0.2, 0) is 0 Å². The van der Waals surface area contributed by atoms with Crippen LogP contribution in [0.15, 0.2) is 30.3 Å². The van der Waals surface area contributed by atoms with Crippen molar-refractivity contribution in [3.8, 4) is 0 Å². The third-order valence-electron chi connectivity index (χ3n) is 4.86. The van der Waals surface area contributed by atoms with Gasteiger partial charge in [0.25, 0.3) is 5.91 Å². The van der Waals surface area contributed by atoms with Crippen molar-refractivity contribution in [2.45, 2.75) is 32.7 Å². The number of carbonyl (C=O) groups is 1. The number of hydrogen-bond donors (Lipinski definition) is 2. The number of aromatic amines is 1. The van der Waals surface area contributed by atoms with E-state index in [1.165, 1.54) is 12.1 Å². The molecule has 1 aromatic carbocycles. The van der Waals surface area contributed by atoms with Crippen LogP contribution in [0, 0.1) is 19.7 Å². The molecule has 29 heavy (non-hydrogen) atoms. The summed E-state index contributed by atoms with van der Waals surface area (Å²) in [5, 5.41) is 10.1. The first kappa shape index (κ1) is 19.3. The van der Waals surface area contributed by atoms with Gasteiger partial charge in [0.2, 0.25) is 0 Å². The highest BCUT2D eigenvalue weighted by Crippen LogP contribution is 2.34. The molecule has 3 aromatic rings. The first-order chi connectivity index (χ1) is 13.9. The molecular weight excluding hydrogens is 395 g/mol. The summed E-state index contributed by atoms with van der Waals surface area (Å²) in [6.07, 6.45) is 1.55. The molecule has 1 saturated heterocycles. The fourth-order valence-corrected chi connectivity index (χ4v) is 3.75. The maximum absolute atomic E-state index is 14.4. The van der Waals surface area contributed by atoms with E-state index in [9.17, 15) is 9.18 Å². The van der Waals surface area contributed by atoms with Gasteiger partial charge in [0.05, 0.1) is 22.3 Å². The average molecular weight is 415 g/mol. The third kappa shape index (κ3) is 3.93. The highest BCUT2D eigenvalue weighted by Gasteiger charge is 2.33. The second-order valence-electron chi connectivity index (χ2n) is 7.04. The summed E-state index contributed by atoms with van der Waals surface area (Å²) < 4.78 is 14.4. The van der Waals surface area contributed by atoms with Crippen LogP contribution in [0.5, 0.6) is 0 Å². The lowest BCUT2D eigenvalue weighted by Gasteiger charge is -2.25. The van der Waals surface area contributed by atoms with Crippen molar-refractivity contribution in [2.75, 3.05) is 11.9 Å². The molecule has 0 saturated carbocycles. The first-order valence-corrected chi connectivity index (χ1v) is 9.70. The number of H-pyrrole nitrogens is 1. The molecule has 2 N–H and O–H groups in total. The van der Waals surface area contributed by atoms with E-state index in [2.05, 4.69) is 25.5 Å². The molecule has 1 aliphatic rings. The zero-order valence-corrected chi connectivity index (χ0v) is 16.8. The van der Waals surface area contributed by atoms with E-state index in [1.807, 2.05) is 19.1 Å². The fourth-order valence-electron chi connectivity index (χ4n) is 3.58. The van der Waals surface area contributed by atoms with Gasteiger partial charge < -0.3 is 10.2 Å². The van der Waals surface area contributed by atoms with Crippen LogP contribution >= 0.6 is 11.6 Å². The lowest BCUT2D eigenvalue weighted by atomic mass is 10.1. The number of aryl methyl sites for hydroxylation is 2. The molecule has 1 amide bonds. The molecule has 1 fully saturated rings. The summed E-state index contributed by atoms with van der Waals surface area (Å²) in [6, 6.07) is 7.87. The number of carbonyl (C=O) groups excluding carboxylic acids is 1. The molecule has 3 heterocycles. The van der Waals surface area contributed by atoms with Gasteiger partial charge in [-0.05, 0) is 38.8 Å². The molecule has 0 unspecified atom stereocenters. The summed E-state index contributed by atoms with van der Waals surface area (Å²) in [4.78, 5) is 23.6. The minimum atomic E-state index is -0.694. The molecule has 1 aliphatic heterocycles. The Bertz CT molecular complexity index is 1070. The van der Waals surface area contributed by atoms with E-state index in [4.69, 9.17) is 11.6 Å². The van der Waals surface area contributed by atoms with Gasteiger partial charge >= 0.3 is 0 Å². The van der Waals surface area contributed by atoms with Crippen LogP contribution in [0.25, 0.3) is 0 Å². The van der Waals surface area contributed by atoms with Crippen LogP contribution < -0.4 is 5.32 Å². The zero-order valence-electron chi connectivity index (χ0n) is 16.0. The summed E-state index contributed by atoms with van der Waals surface area (Å²) in [7, 11) is 0. The fraction of sp³-hybridized carbons (Fsp3) is 0.300. The summed E-state index contributed by atoms with van der Waals surface area (Å²) in [5.41, 5.74) is 1.61. The van der Waals surface area contributed by atoms with Crippen molar-refractivity contribution in [3.05, 3.63) is 63.9 Å². The second kappa shape index (κ2) is 7.79. The number of nitrogens with zero attached hydrogens (tertiary/aromatic N) is 4. The van der Waals surface area contributed by atoms with Crippen molar-refractivity contribution >= 4 is 29.1 Å². The van der Waals surface area contributed by atoms with Gasteiger partial charge in [-0.2, -0.15) is 5.10 Å². The van der Waals surface area contributed by atoms with E-state index >= 15 is 0 Å². The molecule has 150 valence electrons. The van der Waals surface area contributed by atoms with Gasteiger partial charge in [-0.25, -0.2) is 14.4 Å². The van der Waals surface area contributed by atoms with Gasteiger partial charge in [-0.1, -0.05) is 17.7 Å². The topological polar surface area (TPSA) is 86.8 Å². The number of aromatic nitrogens is 4. The maximum Gasteiger partial charge on any atom is 0.257 e. The molecule has 0 bridgehead atoms. The van der Waals surface area contributed by atoms with E-state index in [-0.39, 0.29) is 22.5 Å². The predicted molar refractivity (Wildman–Crippen MR) is 108 cm³/mol. The number of likely N-dealkylation sites (tertiary alicyclic amines) is 1. The highest BCUT2D eigenvalue weighted by atomic mass is 35.5. The number of anilines is 2. The van der Waals surface area contributed by atoms with Gasteiger partial charge in [-0.3, -0.25) is 9.89 Å². The number of hydrogen-bond acceptors (Lipinski definition) is 5. The Hall–Kier alpha value is -3.00. The molecule has 0 radical (unpaired) electrons. The highest BCUT2D eigenvalue weighted by molar-refractivity contribution is 6.31. The van der Waals surface area contributed by atoms with Crippen LogP contribution in [-0.4, -0.2) is 37.5 Å². The molecule has 7 nitrogen and oxygen atoms in total. The molecule has 9 heteroatoms. The number of benzene rings is 1. The second-order valence-corrected chi connectivity index (χ2v) is 7.45. The molecule has 0 aliphatic carbocycles. The molecule has 2 aromatic heterocycles. The van der Waals surface area contributed by atoms with Crippen molar-refractivity contribution < 1.29 is 9.18 Å². The van der Waals surface area contributed by atoms with Crippen LogP contribution in [0.2, 0.25) is 5.02 Å². The average Bonchev–Trinajstić information content (AvgIpc) is 3.32. The molecule has 1 atom stereocenters. The monoisotopic (exact) mass is 414 g/mol. The van der Waals surface area contributed by atoms with Gasteiger partial charge in [0.15, 0.2) is 11.6 Å². The minimum absolute atomic E-state index is 0.0273. The predicted octanol–water partition coefficient (Wildman–Crippen LogP) is 4.33. The Morgan fingerprint density at radius 1 is 1.28 bits per heavy atom. The SMILES string of the molecule is Cc1nc(Nc2cc(C)[nH]n2)cc([C@@H]2CCCN2C(=O)c2cccc(Cl)c2F)n1. The van der Waals surface area contributed by atoms with Crippen LogP contribution in [0.3, 0.4) is 0 Å². The van der Waals surface area contributed by atoms with Gasteiger partial charge in [0.1, 0.15) is 11.6 Å². The smallest absolute Gasteiger partial charge is 0.257 e. The third-order valence-corrected chi connectivity index (χ3v) is 5.15. The van der Waals surface area contributed by atoms with Gasteiger partial charge in [0, 0.05) is 24.4 Å². The Morgan fingerprint density at radius 3 is 2.86 bits per heavy atom. The molecular formula is C20H20ClFN6O. The minimum Gasteiger partial charge on any atom is -0.330 e. The van der Waals surface area contributed by atoms with E-state index in [0.29, 0.717) is 29.7 Å². The van der Waals surface area contributed by atoms with E-state index in [0.717, 1.165) is 18.5 Å². The quantitative estimate of drug-likeness (QED) is 0.663. The van der Waals surface area contributed by atoms with Crippen molar-refractivity contribution in [1.82, 2.24) is 25.1 Å². The molecule has 4 rings (SSSR count). The van der Waals surface area contributed by atoms with Crippen molar-refractivity contribution in [1.29, 1.82) is 0 Å². The van der Waals surface area contributed by atoms with Gasteiger partial charge in [-0.15, -0.1) is 0 Å².